The highest BCUT2D eigenvalue weighted by atomic mass is 16.5. The van der Waals surface area contributed by atoms with Crippen LogP contribution in [0.2, 0.25) is 0 Å². The van der Waals surface area contributed by atoms with Crippen molar-refractivity contribution in [3.63, 3.8) is 0 Å². The number of hydrogen-bond donors (Lipinski definition) is 2. The van der Waals surface area contributed by atoms with Gasteiger partial charge < -0.3 is 15.4 Å². The molecule has 22 heavy (non-hydrogen) atoms. The van der Waals surface area contributed by atoms with Crippen molar-refractivity contribution in [1.29, 1.82) is 0 Å². The Balaban J connectivity index is 2.00. The third kappa shape index (κ3) is 2.90. The van der Waals surface area contributed by atoms with Gasteiger partial charge in [0.15, 0.2) is 6.61 Å². The maximum absolute atomic E-state index is 12.6. The highest BCUT2D eigenvalue weighted by molar-refractivity contribution is 6.09. The molecule has 1 spiro atoms. The smallest absolute Gasteiger partial charge is 0.326 e. The van der Waals surface area contributed by atoms with Gasteiger partial charge in [0, 0.05) is 7.05 Å². The molecule has 2 fully saturated rings. The lowest BCUT2D eigenvalue weighted by atomic mass is 9.73. The monoisotopic (exact) mass is 311 g/mol. The second-order valence-corrected chi connectivity index (χ2v) is 5.77. The molecule has 8 heteroatoms. The molecule has 2 aliphatic rings. The summed E-state index contributed by atoms with van der Waals surface area (Å²) in [5, 5.41) is 5.06. The first-order valence-electron chi connectivity index (χ1n) is 7.41. The summed E-state index contributed by atoms with van der Waals surface area (Å²) in [7, 11) is 1.42. The minimum atomic E-state index is -0.892. The van der Waals surface area contributed by atoms with Crippen LogP contribution in [-0.4, -0.2) is 54.5 Å². The Morgan fingerprint density at radius 2 is 2.14 bits per heavy atom. The van der Waals surface area contributed by atoms with Gasteiger partial charge in [-0.05, 0) is 18.8 Å². The van der Waals surface area contributed by atoms with Crippen LogP contribution in [0.3, 0.4) is 0 Å². The maximum Gasteiger partial charge on any atom is 0.326 e. The van der Waals surface area contributed by atoms with Crippen LogP contribution in [-0.2, 0) is 19.1 Å². The van der Waals surface area contributed by atoms with Gasteiger partial charge in [0.05, 0.1) is 0 Å². The summed E-state index contributed by atoms with van der Waals surface area (Å²) < 4.78 is 4.73. The van der Waals surface area contributed by atoms with Crippen LogP contribution in [0.4, 0.5) is 4.79 Å². The number of urea groups is 1. The van der Waals surface area contributed by atoms with Gasteiger partial charge in [-0.3, -0.25) is 19.3 Å². The second-order valence-electron chi connectivity index (χ2n) is 5.77. The molecule has 4 amide bonds. The lowest BCUT2D eigenvalue weighted by molar-refractivity contribution is -0.151. The quantitative estimate of drug-likeness (QED) is 0.551. The van der Waals surface area contributed by atoms with Crippen LogP contribution in [0.5, 0.6) is 0 Å². The lowest BCUT2D eigenvalue weighted by Gasteiger charge is -2.36. The number of esters is 1. The predicted octanol–water partition coefficient (Wildman–Crippen LogP) is -0.224. The first kappa shape index (κ1) is 16.3. The molecular weight excluding hydrogens is 290 g/mol. The summed E-state index contributed by atoms with van der Waals surface area (Å²) in [6.07, 6.45) is 3.34. The Bertz CT molecular complexity index is 507. The van der Waals surface area contributed by atoms with Crippen molar-refractivity contribution >= 4 is 23.8 Å². The molecule has 1 aliphatic carbocycles. The number of rotatable bonds is 4. The fourth-order valence-electron chi connectivity index (χ4n) is 3.03. The number of likely N-dealkylation sites (N-methyl/N-ethyl adjacent to an activating group) is 1. The first-order chi connectivity index (χ1) is 10.4. The molecule has 2 rings (SSSR count). The van der Waals surface area contributed by atoms with Crippen LogP contribution in [0.1, 0.15) is 32.6 Å². The van der Waals surface area contributed by atoms with Gasteiger partial charge in [0.1, 0.15) is 12.1 Å². The number of carbonyl (C=O) groups excluding carboxylic acids is 4. The molecule has 0 unspecified atom stereocenters. The average molecular weight is 311 g/mol. The molecule has 0 aromatic heterocycles. The Kier molecular flexibility index (Phi) is 4.68. The van der Waals surface area contributed by atoms with E-state index < -0.39 is 36.6 Å². The highest BCUT2D eigenvalue weighted by Crippen LogP contribution is 2.38. The Labute approximate surface area is 128 Å². The molecule has 1 saturated carbocycles. The zero-order valence-electron chi connectivity index (χ0n) is 12.8. The number of amides is 4. The fraction of sp³-hybridized carbons (Fsp3) is 0.714. The van der Waals surface area contributed by atoms with Crippen molar-refractivity contribution in [2.24, 2.45) is 5.92 Å². The Morgan fingerprint density at radius 3 is 2.77 bits per heavy atom. The molecule has 1 heterocycles. The van der Waals surface area contributed by atoms with E-state index in [-0.39, 0.29) is 11.8 Å². The SMILES string of the molecule is CNC(=O)COC(=O)CN1C(=O)N[C@@]2(CCCC[C@H]2C)C1=O. The molecule has 8 nitrogen and oxygen atoms in total. The number of imide groups is 1. The molecular formula is C14H21N3O5. The lowest BCUT2D eigenvalue weighted by Crippen LogP contribution is -2.54. The van der Waals surface area contributed by atoms with E-state index in [9.17, 15) is 19.2 Å². The van der Waals surface area contributed by atoms with Gasteiger partial charge in [0.2, 0.25) is 0 Å². The zero-order valence-corrected chi connectivity index (χ0v) is 12.8. The van der Waals surface area contributed by atoms with E-state index >= 15 is 0 Å². The average Bonchev–Trinajstić information content (AvgIpc) is 2.73. The largest absolute Gasteiger partial charge is 0.454 e. The van der Waals surface area contributed by atoms with Crippen LogP contribution < -0.4 is 10.6 Å². The molecule has 0 radical (unpaired) electrons. The topological polar surface area (TPSA) is 105 Å². The molecule has 1 aliphatic heterocycles. The van der Waals surface area contributed by atoms with Gasteiger partial charge in [-0.25, -0.2) is 4.79 Å². The standard InChI is InChI=1S/C14H21N3O5/c1-9-5-3-4-6-14(9)12(20)17(13(21)16-14)7-11(19)22-8-10(18)15-2/h9H,3-8H2,1-2H3,(H,15,18)(H,16,21)/t9-,14-/m1/s1. The highest BCUT2D eigenvalue weighted by Gasteiger charge is 2.55. The zero-order chi connectivity index (χ0) is 16.3. The second kappa shape index (κ2) is 6.33. The molecule has 0 bridgehead atoms. The molecule has 0 aromatic rings. The van der Waals surface area contributed by atoms with E-state index in [1.807, 2.05) is 6.92 Å². The van der Waals surface area contributed by atoms with Crippen molar-refractivity contribution in [3.8, 4) is 0 Å². The fourth-order valence-corrected chi connectivity index (χ4v) is 3.03. The Morgan fingerprint density at radius 1 is 1.41 bits per heavy atom. The van der Waals surface area contributed by atoms with Gasteiger partial charge in [-0.2, -0.15) is 0 Å². The number of nitrogens with zero attached hydrogens (tertiary/aromatic N) is 1. The van der Waals surface area contributed by atoms with Crippen molar-refractivity contribution in [2.75, 3.05) is 20.2 Å². The van der Waals surface area contributed by atoms with Crippen molar-refractivity contribution in [2.45, 2.75) is 38.1 Å². The molecule has 1 saturated heterocycles. The number of ether oxygens (including phenoxy) is 1. The molecule has 2 N–H and O–H groups in total. The number of nitrogens with one attached hydrogen (secondary N) is 2. The van der Waals surface area contributed by atoms with E-state index in [1.54, 1.807) is 0 Å². The van der Waals surface area contributed by atoms with E-state index in [2.05, 4.69) is 10.6 Å². The summed E-state index contributed by atoms with van der Waals surface area (Å²) in [5.41, 5.74) is -0.892. The summed E-state index contributed by atoms with van der Waals surface area (Å²) in [4.78, 5) is 48.2. The van der Waals surface area contributed by atoms with Crippen LogP contribution in [0.15, 0.2) is 0 Å². The number of hydrogen-bond acceptors (Lipinski definition) is 5. The van der Waals surface area contributed by atoms with E-state index in [0.29, 0.717) is 6.42 Å². The maximum atomic E-state index is 12.6. The molecule has 0 aromatic carbocycles. The van der Waals surface area contributed by atoms with Gasteiger partial charge in [-0.15, -0.1) is 0 Å². The van der Waals surface area contributed by atoms with E-state index in [4.69, 9.17) is 4.74 Å². The third-order valence-corrected chi connectivity index (χ3v) is 4.43. The van der Waals surface area contributed by atoms with Gasteiger partial charge in [0.25, 0.3) is 11.8 Å². The van der Waals surface area contributed by atoms with Crippen molar-refractivity contribution < 1.29 is 23.9 Å². The third-order valence-electron chi connectivity index (χ3n) is 4.43. The van der Waals surface area contributed by atoms with Gasteiger partial charge in [-0.1, -0.05) is 19.8 Å². The van der Waals surface area contributed by atoms with Crippen molar-refractivity contribution in [3.05, 3.63) is 0 Å². The van der Waals surface area contributed by atoms with Crippen LogP contribution >= 0.6 is 0 Å². The predicted molar refractivity (Wildman–Crippen MR) is 75.6 cm³/mol. The summed E-state index contributed by atoms with van der Waals surface area (Å²) in [5.74, 6) is -1.58. The Hall–Kier alpha value is -2.12. The normalized spacial score (nSPS) is 27.7. The van der Waals surface area contributed by atoms with Gasteiger partial charge >= 0.3 is 12.0 Å². The van der Waals surface area contributed by atoms with E-state index in [0.717, 1.165) is 24.2 Å². The summed E-state index contributed by atoms with van der Waals surface area (Å²) in [6, 6.07) is -0.573. The molecule has 122 valence electrons. The van der Waals surface area contributed by atoms with Crippen LogP contribution in [0.25, 0.3) is 0 Å². The first-order valence-corrected chi connectivity index (χ1v) is 7.41. The summed E-state index contributed by atoms with van der Waals surface area (Å²) in [6.45, 7) is 1.03. The molecule has 2 atom stereocenters. The van der Waals surface area contributed by atoms with Crippen molar-refractivity contribution in [1.82, 2.24) is 15.5 Å². The summed E-state index contributed by atoms with van der Waals surface area (Å²) >= 11 is 0. The minimum absolute atomic E-state index is 0.0320. The number of carbonyl (C=O) groups is 4. The van der Waals surface area contributed by atoms with Crippen LogP contribution in [0, 0.1) is 5.92 Å². The van der Waals surface area contributed by atoms with E-state index in [1.165, 1.54) is 7.05 Å². The minimum Gasteiger partial charge on any atom is -0.454 e.